The Morgan fingerprint density at radius 3 is 2.11 bits per heavy atom. The number of methoxy groups -OCH3 is 1. The van der Waals surface area contributed by atoms with E-state index in [-0.39, 0.29) is 6.61 Å². The van der Waals surface area contributed by atoms with Crippen LogP contribution in [0.3, 0.4) is 0 Å². The fourth-order valence-electron chi connectivity index (χ4n) is 4.63. The van der Waals surface area contributed by atoms with Gasteiger partial charge < -0.3 is 42.6 Å². The van der Waals surface area contributed by atoms with E-state index in [9.17, 15) is 19.9 Å². The van der Waals surface area contributed by atoms with Crippen LogP contribution in [0.1, 0.15) is 41.5 Å². The molecule has 0 aliphatic carbocycles. The highest BCUT2D eigenvalue weighted by Gasteiger charge is 2.58. The maximum absolute atomic E-state index is 12.0. The van der Waals surface area contributed by atoms with Crippen LogP contribution in [-0.2, 0) is 57.0 Å². The highest BCUT2D eigenvalue weighted by Crippen LogP contribution is 2.40. The van der Waals surface area contributed by atoms with Gasteiger partial charge in [0.2, 0.25) is 0 Å². The van der Waals surface area contributed by atoms with Crippen molar-refractivity contribution in [3.05, 3.63) is 10.4 Å². The van der Waals surface area contributed by atoms with Gasteiger partial charge in [-0.1, -0.05) is 5.11 Å². The molecular formula is C22H33N3O12. The van der Waals surface area contributed by atoms with Gasteiger partial charge in [0.1, 0.15) is 37.1 Å². The van der Waals surface area contributed by atoms with Crippen LogP contribution < -0.4 is 0 Å². The van der Waals surface area contributed by atoms with Gasteiger partial charge in [-0.25, -0.2) is 0 Å². The maximum Gasteiger partial charge on any atom is 0.303 e. The molecule has 0 saturated carbocycles. The van der Waals surface area contributed by atoms with E-state index in [1.54, 1.807) is 20.8 Å². The van der Waals surface area contributed by atoms with Crippen LogP contribution in [0, 0.1) is 0 Å². The Morgan fingerprint density at radius 1 is 0.919 bits per heavy atom. The molecule has 37 heavy (non-hydrogen) atoms. The zero-order valence-corrected chi connectivity index (χ0v) is 21.7. The van der Waals surface area contributed by atoms with Gasteiger partial charge in [-0.15, -0.1) is 0 Å². The zero-order valence-electron chi connectivity index (χ0n) is 21.7. The predicted octanol–water partition coefficient (Wildman–Crippen LogP) is 1.11. The summed E-state index contributed by atoms with van der Waals surface area (Å²) in [4.78, 5) is 38.2. The number of hydrogen-bond acceptors (Lipinski definition) is 13. The van der Waals surface area contributed by atoms with Crippen LogP contribution in [0.25, 0.3) is 10.4 Å². The van der Waals surface area contributed by atoms with Crippen molar-refractivity contribution in [1.82, 2.24) is 0 Å². The predicted molar refractivity (Wildman–Crippen MR) is 119 cm³/mol. The number of ether oxygens (including phenoxy) is 9. The molecule has 0 aromatic heterocycles. The number of rotatable bonds is 8. The molecule has 0 N–H and O–H groups in total. The molecule has 3 rings (SSSR count). The van der Waals surface area contributed by atoms with Crippen LogP contribution in [-0.4, -0.2) is 98.8 Å². The van der Waals surface area contributed by atoms with Crippen LogP contribution in [0.2, 0.25) is 0 Å². The number of hydrogen-bond donors (Lipinski definition) is 0. The van der Waals surface area contributed by atoms with Gasteiger partial charge >= 0.3 is 17.9 Å². The lowest BCUT2D eigenvalue weighted by Crippen LogP contribution is -2.64. The summed E-state index contributed by atoms with van der Waals surface area (Å²) in [7, 11) is 1.48. The minimum atomic E-state index is -1.35. The van der Waals surface area contributed by atoms with E-state index >= 15 is 0 Å². The van der Waals surface area contributed by atoms with Crippen LogP contribution >= 0.6 is 0 Å². The summed E-state index contributed by atoms with van der Waals surface area (Å²) in [6, 6.07) is -1.30. The first-order chi connectivity index (χ1) is 17.4. The fraction of sp³-hybridized carbons (Fsp3) is 0.864. The van der Waals surface area contributed by atoms with Gasteiger partial charge in [-0.05, 0) is 26.3 Å². The third-order valence-corrected chi connectivity index (χ3v) is 5.95. The second-order valence-electron chi connectivity index (χ2n) is 9.30. The number of nitrogens with zero attached hydrogens (tertiary/aromatic N) is 3. The summed E-state index contributed by atoms with van der Waals surface area (Å²) in [6.07, 6.45) is -8.57. The summed E-state index contributed by atoms with van der Waals surface area (Å²) in [5, 5.41) is 3.74. The van der Waals surface area contributed by atoms with Gasteiger partial charge in [0.15, 0.2) is 30.6 Å². The summed E-state index contributed by atoms with van der Waals surface area (Å²) >= 11 is 0. The lowest BCUT2D eigenvalue weighted by molar-refractivity contribution is -0.326. The number of fused-ring (bicyclic) bond motifs is 1. The molecule has 3 aliphatic rings. The molecule has 3 saturated heterocycles. The highest BCUT2D eigenvalue weighted by molar-refractivity contribution is 5.68. The first kappa shape index (κ1) is 29.0. The lowest BCUT2D eigenvalue weighted by Gasteiger charge is -2.46. The Labute approximate surface area is 213 Å². The smallest absolute Gasteiger partial charge is 0.303 e. The van der Waals surface area contributed by atoms with Crippen LogP contribution in [0.5, 0.6) is 0 Å². The molecule has 15 nitrogen and oxygen atoms in total. The van der Waals surface area contributed by atoms with E-state index in [1.807, 2.05) is 0 Å². The molecule has 0 amide bonds. The number of carbonyl (C=O) groups excluding carboxylic acids is 3. The molecule has 0 spiro atoms. The van der Waals surface area contributed by atoms with Crippen LogP contribution in [0.15, 0.2) is 5.11 Å². The van der Waals surface area contributed by atoms with E-state index in [2.05, 4.69) is 10.0 Å². The van der Waals surface area contributed by atoms with E-state index < -0.39 is 85.0 Å². The van der Waals surface area contributed by atoms with E-state index in [4.69, 9.17) is 42.6 Å². The molecule has 0 aromatic carbocycles. The normalized spacial score (nSPS) is 38.6. The van der Waals surface area contributed by atoms with Crippen molar-refractivity contribution in [3.63, 3.8) is 0 Å². The van der Waals surface area contributed by atoms with Crippen molar-refractivity contribution in [3.8, 4) is 0 Å². The summed E-state index contributed by atoms with van der Waals surface area (Å²) < 4.78 is 51.5. The second kappa shape index (κ2) is 11.9. The van der Waals surface area contributed by atoms with Gasteiger partial charge in [-0.3, -0.25) is 14.4 Å². The third-order valence-electron chi connectivity index (χ3n) is 5.95. The first-order valence-corrected chi connectivity index (χ1v) is 11.7. The fourth-order valence-corrected chi connectivity index (χ4v) is 4.63. The molecule has 15 heteroatoms. The van der Waals surface area contributed by atoms with Crippen molar-refractivity contribution in [2.75, 3.05) is 13.7 Å². The standard InChI is InChI=1S/C22H33N3O12/c1-9-15(18-19(21(29-7)31-9)37-22(5,6)36-18)35-20-14(24-25-23)17(33-12(4)28)16(32-11(3)27)13(34-20)8-30-10(2)26/h9,13-21H,8H2,1-7H3/t9-,13+,14+,15-,16-,17+,18+,19+,20+,21+/m0/s1. The monoisotopic (exact) mass is 531 g/mol. The van der Waals surface area contributed by atoms with Crippen molar-refractivity contribution >= 4 is 17.9 Å². The maximum atomic E-state index is 12.0. The Kier molecular flexibility index (Phi) is 9.34. The van der Waals surface area contributed by atoms with E-state index in [1.165, 1.54) is 14.0 Å². The molecule has 0 unspecified atom stereocenters. The minimum absolute atomic E-state index is 0.366. The Bertz CT molecular complexity index is 909. The highest BCUT2D eigenvalue weighted by atomic mass is 16.8. The molecule has 10 atom stereocenters. The SMILES string of the molecule is CO[C@@H]1O[C@@H](C)[C@H](O[C@H]2O[C@H](COC(C)=O)[C@H](OC(C)=O)[C@H](OC(C)=O)[C@H]2N=[N+]=[N-])[C@H]2OC(C)(C)O[C@@H]12. The topological polar surface area (TPSA) is 183 Å². The molecule has 3 fully saturated rings. The largest absolute Gasteiger partial charge is 0.463 e. The third kappa shape index (κ3) is 6.87. The molecule has 3 aliphatic heterocycles. The summed E-state index contributed by atoms with van der Waals surface area (Å²) in [5.74, 6) is -3.06. The molecular weight excluding hydrogens is 498 g/mol. The van der Waals surface area contributed by atoms with Gasteiger partial charge in [0.25, 0.3) is 0 Å². The van der Waals surface area contributed by atoms with Gasteiger partial charge in [0.05, 0.1) is 6.10 Å². The average molecular weight is 532 g/mol. The second-order valence-corrected chi connectivity index (χ2v) is 9.30. The van der Waals surface area contributed by atoms with Crippen molar-refractivity contribution < 1.29 is 57.0 Å². The Hall–Kier alpha value is -2.52. The van der Waals surface area contributed by atoms with Crippen molar-refractivity contribution in [2.45, 2.75) is 109 Å². The van der Waals surface area contributed by atoms with E-state index in [0.717, 1.165) is 13.8 Å². The van der Waals surface area contributed by atoms with Gasteiger partial charge in [0, 0.05) is 32.8 Å². The zero-order chi connectivity index (χ0) is 27.5. The summed E-state index contributed by atoms with van der Waals surface area (Å²) in [6.45, 7) is 8.30. The van der Waals surface area contributed by atoms with Crippen molar-refractivity contribution in [1.29, 1.82) is 0 Å². The quantitative estimate of drug-likeness (QED) is 0.143. The molecule has 208 valence electrons. The number of esters is 3. The van der Waals surface area contributed by atoms with Gasteiger partial charge in [-0.2, -0.15) is 0 Å². The van der Waals surface area contributed by atoms with Crippen LogP contribution in [0.4, 0.5) is 0 Å². The number of azide groups is 1. The minimum Gasteiger partial charge on any atom is -0.463 e. The number of carbonyl (C=O) groups is 3. The Morgan fingerprint density at radius 2 is 1.54 bits per heavy atom. The molecule has 0 aromatic rings. The van der Waals surface area contributed by atoms with E-state index in [0.29, 0.717) is 0 Å². The molecule has 0 bridgehead atoms. The Balaban J connectivity index is 1.96. The first-order valence-electron chi connectivity index (χ1n) is 11.7. The lowest BCUT2D eigenvalue weighted by atomic mass is 9.95. The average Bonchev–Trinajstić information content (AvgIpc) is 3.12. The van der Waals surface area contributed by atoms with Crippen molar-refractivity contribution in [2.24, 2.45) is 5.11 Å². The molecule has 0 radical (unpaired) electrons. The molecule has 3 heterocycles. The summed E-state index contributed by atoms with van der Waals surface area (Å²) in [5.41, 5.74) is 9.29.